The van der Waals surface area contributed by atoms with Gasteiger partial charge in [0.15, 0.2) is 0 Å². The van der Waals surface area contributed by atoms with Gasteiger partial charge in [-0.3, -0.25) is 0 Å². The molecule has 1 heterocycles. The van der Waals surface area contributed by atoms with Gasteiger partial charge in [0.2, 0.25) is 0 Å². The summed E-state index contributed by atoms with van der Waals surface area (Å²) in [6.07, 6.45) is 2.18. The molecule has 14 heavy (non-hydrogen) atoms. The highest BCUT2D eigenvalue weighted by Gasteiger charge is 2.14. The Hall–Kier alpha value is -1.12. The Morgan fingerprint density at radius 1 is 1.29 bits per heavy atom. The van der Waals surface area contributed by atoms with Crippen LogP contribution in [0.2, 0.25) is 0 Å². The lowest BCUT2D eigenvalue weighted by molar-refractivity contribution is 0.352. The lowest BCUT2D eigenvalue weighted by Crippen LogP contribution is -2.38. The van der Waals surface area contributed by atoms with E-state index in [1.165, 1.54) is 11.1 Å². The second kappa shape index (κ2) is 3.95. The Balaban J connectivity index is 2.26. The number of likely N-dealkylation sites (N-methyl/N-ethyl adjacent to an activating group) is 1. The second-order valence-electron chi connectivity index (χ2n) is 3.92. The van der Waals surface area contributed by atoms with Gasteiger partial charge in [-0.25, -0.2) is 0 Å². The summed E-state index contributed by atoms with van der Waals surface area (Å²) in [5.41, 5.74) is 8.56. The summed E-state index contributed by atoms with van der Waals surface area (Å²) in [6.45, 7) is 1.95. The molecule has 0 amide bonds. The standard InChI is InChI=1S/C12H16N2/c1-14-8-11(7-12(13)9-14)10-5-3-2-4-6-10/h2-7,12H,8-9,13H2,1H3. The molecule has 1 unspecified atom stereocenters. The molecule has 0 bridgehead atoms. The summed E-state index contributed by atoms with van der Waals surface area (Å²) in [4.78, 5) is 2.26. The average Bonchev–Trinajstić information content (AvgIpc) is 2.18. The molecule has 1 aliphatic heterocycles. The molecule has 0 saturated carbocycles. The number of nitrogens with two attached hydrogens (primary N) is 1. The van der Waals surface area contributed by atoms with Crippen LogP contribution in [0.1, 0.15) is 5.56 Å². The Labute approximate surface area is 85.0 Å². The predicted molar refractivity (Wildman–Crippen MR) is 59.9 cm³/mol. The Bertz CT molecular complexity index is 329. The van der Waals surface area contributed by atoms with E-state index in [9.17, 15) is 0 Å². The highest BCUT2D eigenvalue weighted by molar-refractivity contribution is 5.68. The van der Waals surface area contributed by atoms with E-state index in [4.69, 9.17) is 5.73 Å². The zero-order valence-electron chi connectivity index (χ0n) is 8.48. The molecule has 1 aromatic rings. The summed E-state index contributed by atoms with van der Waals surface area (Å²) in [7, 11) is 2.11. The van der Waals surface area contributed by atoms with Crippen molar-refractivity contribution in [3.63, 3.8) is 0 Å². The fourth-order valence-corrected chi connectivity index (χ4v) is 1.92. The van der Waals surface area contributed by atoms with Crippen molar-refractivity contribution < 1.29 is 0 Å². The minimum Gasteiger partial charge on any atom is -0.323 e. The van der Waals surface area contributed by atoms with Gasteiger partial charge in [-0.15, -0.1) is 0 Å². The maximum atomic E-state index is 5.93. The van der Waals surface area contributed by atoms with Crippen molar-refractivity contribution in [1.82, 2.24) is 4.90 Å². The van der Waals surface area contributed by atoms with Gasteiger partial charge in [0.05, 0.1) is 0 Å². The van der Waals surface area contributed by atoms with Crippen LogP contribution in [0.15, 0.2) is 36.4 Å². The number of hydrogen-bond acceptors (Lipinski definition) is 2. The number of hydrogen-bond donors (Lipinski definition) is 1. The molecule has 0 saturated heterocycles. The molecule has 1 aliphatic rings. The maximum Gasteiger partial charge on any atom is 0.0359 e. The quantitative estimate of drug-likeness (QED) is 0.720. The van der Waals surface area contributed by atoms with Gasteiger partial charge in [0.25, 0.3) is 0 Å². The van der Waals surface area contributed by atoms with Crippen molar-refractivity contribution >= 4 is 5.57 Å². The molecule has 74 valence electrons. The van der Waals surface area contributed by atoms with Crippen molar-refractivity contribution in [3.8, 4) is 0 Å². The van der Waals surface area contributed by atoms with Crippen LogP contribution in [0, 0.1) is 0 Å². The molecule has 2 N–H and O–H groups in total. The lowest BCUT2D eigenvalue weighted by atomic mass is 10.00. The first kappa shape index (κ1) is 9.44. The van der Waals surface area contributed by atoms with Crippen molar-refractivity contribution in [2.45, 2.75) is 6.04 Å². The monoisotopic (exact) mass is 188 g/mol. The van der Waals surface area contributed by atoms with E-state index in [2.05, 4.69) is 42.3 Å². The van der Waals surface area contributed by atoms with Gasteiger partial charge in [-0.1, -0.05) is 36.4 Å². The smallest absolute Gasteiger partial charge is 0.0359 e. The molecule has 1 aromatic carbocycles. The molecule has 0 fully saturated rings. The number of benzene rings is 1. The molecule has 2 nitrogen and oxygen atoms in total. The van der Waals surface area contributed by atoms with Crippen LogP contribution in [-0.4, -0.2) is 31.1 Å². The molecule has 0 aromatic heterocycles. The molecular weight excluding hydrogens is 172 g/mol. The minimum absolute atomic E-state index is 0.170. The molecule has 0 aliphatic carbocycles. The molecule has 0 radical (unpaired) electrons. The fraction of sp³-hybridized carbons (Fsp3) is 0.333. The van der Waals surface area contributed by atoms with E-state index >= 15 is 0 Å². The van der Waals surface area contributed by atoms with Crippen LogP contribution in [0.5, 0.6) is 0 Å². The largest absolute Gasteiger partial charge is 0.323 e. The third-order valence-corrected chi connectivity index (χ3v) is 2.52. The van der Waals surface area contributed by atoms with Gasteiger partial charge in [-0.2, -0.15) is 0 Å². The molecule has 0 spiro atoms. The fourth-order valence-electron chi connectivity index (χ4n) is 1.92. The number of nitrogens with zero attached hydrogens (tertiary/aromatic N) is 1. The van der Waals surface area contributed by atoms with Gasteiger partial charge >= 0.3 is 0 Å². The van der Waals surface area contributed by atoms with Crippen molar-refractivity contribution in [1.29, 1.82) is 0 Å². The number of rotatable bonds is 1. The summed E-state index contributed by atoms with van der Waals surface area (Å²) in [5.74, 6) is 0. The third-order valence-electron chi connectivity index (χ3n) is 2.52. The van der Waals surface area contributed by atoms with Gasteiger partial charge in [0, 0.05) is 19.1 Å². The SMILES string of the molecule is CN1CC(c2ccccc2)=CC(N)C1. The van der Waals surface area contributed by atoms with E-state index in [0.29, 0.717) is 0 Å². The van der Waals surface area contributed by atoms with E-state index in [0.717, 1.165) is 13.1 Å². The zero-order chi connectivity index (χ0) is 9.97. The topological polar surface area (TPSA) is 29.3 Å². The molecular formula is C12H16N2. The van der Waals surface area contributed by atoms with Crippen LogP contribution in [0.3, 0.4) is 0 Å². The Morgan fingerprint density at radius 2 is 2.00 bits per heavy atom. The summed E-state index contributed by atoms with van der Waals surface area (Å²) < 4.78 is 0. The predicted octanol–water partition coefficient (Wildman–Crippen LogP) is 1.34. The lowest BCUT2D eigenvalue weighted by Gasteiger charge is -2.27. The molecule has 2 heteroatoms. The van der Waals surface area contributed by atoms with E-state index < -0.39 is 0 Å². The van der Waals surface area contributed by atoms with Crippen molar-refractivity contribution in [2.24, 2.45) is 5.73 Å². The minimum atomic E-state index is 0.170. The van der Waals surface area contributed by atoms with Crippen LogP contribution in [-0.2, 0) is 0 Å². The van der Waals surface area contributed by atoms with Crippen LogP contribution in [0.25, 0.3) is 5.57 Å². The van der Waals surface area contributed by atoms with E-state index in [1.54, 1.807) is 0 Å². The first-order valence-electron chi connectivity index (χ1n) is 4.96. The van der Waals surface area contributed by atoms with Crippen LogP contribution >= 0.6 is 0 Å². The highest BCUT2D eigenvalue weighted by Crippen LogP contribution is 2.18. The Morgan fingerprint density at radius 3 is 2.64 bits per heavy atom. The van der Waals surface area contributed by atoms with Gasteiger partial charge in [-0.05, 0) is 18.2 Å². The Kier molecular flexibility index (Phi) is 2.66. The molecule has 2 rings (SSSR count). The summed E-state index contributed by atoms with van der Waals surface area (Å²) in [6, 6.07) is 10.6. The third kappa shape index (κ3) is 2.03. The van der Waals surface area contributed by atoms with Gasteiger partial charge < -0.3 is 10.6 Å². The molecule has 1 atom stereocenters. The summed E-state index contributed by atoms with van der Waals surface area (Å²) in [5, 5.41) is 0. The maximum absolute atomic E-state index is 5.93. The van der Waals surface area contributed by atoms with Crippen LogP contribution < -0.4 is 5.73 Å². The second-order valence-corrected chi connectivity index (χ2v) is 3.92. The van der Waals surface area contributed by atoms with E-state index in [-0.39, 0.29) is 6.04 Å². The first-order chi connectivity index (χ1) is 6.75. The van der Waals surface area contributed by atoms with E-state index in [1.807, 2.05) is 6.07 Å². The normalized spacial score (nSPS) is 23.3. The summed E-state index contributed by atoms with van der Waals surface area (Å²) >= 11 is 0. The zero-order valence-corrected chi connectivity index (χ0v) is 8.48. The average molecular weight is 188 g/mol. The van der Waals surface area contributed by atoms with Crippen molar-refractivity contribution in [3.05, 3.63) is 42.0 Å². The first-order valence-corrected chi connectivity index (χ1v) is 4.96. The van der Waals surface area contributed by atoms with Crippen LogP contribution in [0.4, 0.5) is 0 Å². The highest BCUT2D eigenvalue weighted by atomic mass is 15.1. The van der Waals surface area contributed by atoms with Gasteiger partial charge in [0.1, 0.15) is 0 Å². The van der Waals surface area contributed by atoms with Crippen molar-refractivity contribution in [2.75, 3.05) is 20.1 Å².